The molecule has 0 aromatic heterocycles. The molecule has 0 heterocycles. The fourth-order valence-corrected chi connectivity index (χ4v) is 1.99. The summed E-state index contributed by atoms with van der Waals surface area (Å²) >= 11 is 0. The Hall–Kier alpha value is -1.36. The molecule has 0 fully saturated rings. The molecule has 7 heteroatoms. The molecule has 0 radical (unpaired) electrons. The van der Waals surface area contributed by atoms with Crippen LogP contribution in [0.2, 0.25) is 0 Å². The first kappa shape index (κ1) is 14.7. The Labute approximate surface area is 105 Å². The van der Waals surface area contributed by atoms with Gasteiger partial charge in [-0.05, 0) is 30.7 Å². The van der Waals surface area contributed by atoms with Crippen LogP contribution in [0, 0.1) is 0 Å². The van der Waals surface area contributed by atoms with E-state index in [0.717, 1.165) is 0 Å². The predicted octanol–water partition coefficient (Wildman–Crippen LogP) is 2.38. The fraction of sp³-hybridized carbons (Fsp3) is 0.364. The fourth-order valence-electron chi connectivity index (χ4n) is 1.14. The molecule has 0 aliphatic rings. The molecule has 18 heavy (non-hydrogen) atoms. The van der Waals surface area contributed by atoms with E-state index >= 15 is 0 Å². The lowest BCUT2D eigenvalue weighted by atomic mass is 10.2. The Morgan fingerprint density at radius 3 is 2.44 bits per heavy atom. The minimum atomic E-state index is -4.09. The third kappa shape index (κ3) is 4.49. The summed E-state index contributed by atoms with van der Waals surface area (Å²) in [4.78, 5) is 20.5. The van der Waals surface area contributed by atoms with Crippen LogP contribution in [-0.4, -0.2) is 24.6 Å². The highest BCUT2D eigenvalue weighted by molar-refractivity contribution is 7.47. The maximum absolute atomic E-state index is 11.4. The minimum absolute atomic E-state index is 0.133. The largest absolute Gasteiger partial charge is 0.527 e. The summed E-state index contributed by atoms with van der Waals surface area (Å²) in [5, 5.41) is 0. The summed E-state index contributed by atoms with van der Waals surface area (Å²) in [5.74, 6) is -0.347. The molecule has 0 saturated carbocycles. The Balaban J connectivity index is 2.69. The van der Waals surface area contributed by atoms with Gasteiger partial charge in [0, 0.05) is 0 Å². The van der Waals surface area contributed by atoms with Crippen molar-refractivity contribution in [3.05, 3.63) is 29.8 Å². The molecule has 0 spiro atoms. The van der Waals surface area contributed by atoms with Crippen molar-refractivity contribution in [1.82, 2.24) is 0 Å². The average Bonchev–Trinajstić information content (AvgIpc) is 2.36. The smallest absolute Gasteiger partial charge is 0.465 e. The van der Waals surface area contributed by atoms with Crippen LogP contribution in [0.15, 0.2) is 24.3 Å². The molecule has 1 rings (SSSR count). The number of hydrogen-bond acceptors (Lipinski definition) is 5. The van der Waals surface area contributed by atoms with Crippen LogP contribution in [0.5, 0.6) is 5.75 Å². The summed E-state index contributed by atoms with van der Waals surface area (Å²) in [6.07, 6.45) is 0.606. The van der Waals surface area contributed by atoms with Crippen LogP contribution in [0.4, 0.5) is 0 Å². The van der Waals surface area contributed by atoms with Crippen molar-refractivity contribution in [2.75, 3.05) is 13.7 Å². The Kier molecular flexibility index (Phi) is 5.34. The van der Waals surface area contributed by atoms with E-state index in [9.17, 15) is 14.3 Å². The van der Waals surface area contributed by atoms with Gasteiger partial charge < -0.3 is 9.26 Å². The summed E-state index contributed by atoms with van der Waals surface area (Å²) in [5.41, 5.74) is 0.326. The highest BCUT2D eigenvalue weighted by Crippen LogP contribution is 2.43. The van der Waals surface area contributed by atoms with Crippen molar-refractivity contribution in [1.29, 1.82) is 0 Å². The van der Waals surface area contributed by atoms with E-state index in [0.29, 0.717) is 12.0 Å². The first-order valence-corrected chi connectivity index (χ1v) is 6.83. The van der Waals surface area contributed by atoms with Crippen LogP contribution in [-0.2, 0) is 13.8 Å². The number of benzene rings is 1. The molecule has 1 aromatic carbocycles. The van der Waals surface area contributed by atoms with E-state index in [-0.39, 0.29) is 12.4 Å². The number of rotatable bonds is 6. The van der Waals surface area contributed by atoms with Crippen molar-refractivity contribution in [3.63, 3.8) is 0 Å². The molecule has 0 aliphatic carbocycles. The van der Waals surface area contributed by atoms with E-state index in [1.54, 1.807) is 0 Å². The number of phosphoric acid groups is 1. The lowest BCUT2D eigenvalue weighted by Gasteiger charge is -2.12. The maximum Gasteiger partial charge on any atom is 0.527 e. The molecule has 0 saturated heterocycles. The maximum atomic E-state index is 11.4. The van der Waals surface area contributed by atoms with E-state index < -0.39 is 13.8 Å². The van der Waals surface area contributed by atoms with Crippen LogP contribution in [0.3, 0.4) is 0 Å². The Morgan fingerprint density at radius 2 is 1.94 bits per heavy atom. The molecule has 1 N–H and O–H groups in total. The highest BCUT2D eigenvalue weighted by atomic mass is 31.2. The third-order valence-corrected chi connectivity index (χ3v) is 2.91. The number of methoxy groups -OCH3 is 1. The van der Waals surface area contributed by atoms with E-state index in [4.69, 9.17) is 4.52 Å². The zero-order chi connectivity index (χ0) is 13.6. The SMILES string of the molecule is CCCOP(=O)(O)Oc1ccc(C(=O)OC)cc1. The van der Waals surface area contributed by atoms with E-state index in [2.05, 4.69) is 9.26 Å². The molecule has 6 nitrogen and oxygen atoms in total. The lowest BCUT2D eigenvalue weighted by molar-refractivity contribution is 0.0600. The van der Waals surface area contributed by atoms with Gasteiger partial charge in [0.25, 0.3) is 0 Å². The van der Waals surface area contributed by atoms with Gasteiger partial charge in [-0.2, -0.15) is 0 Å². The summed E-state index contributed by atoms with van der Waals surface area (Å²) in [6, 6.07) is 5.65. The molecule has 0 aliphatic heterocycles. The average molecular weight is 274 g/mol. The summed E-state index contributed by atoms with van der Waals surface area (Å²) in [6.45, 7) is 1.94. The van der Waals surface area contributed by atoms with Crippen LogP contribution in [0.1, 0.15) is 23.7 Å². The van der Waals surface area contributed by atoms with Gasteiger partial charge in [-0.1, -0.05) is 6.92 Å². The summed E-state index contributed by atoms with van der Waals surface area (Å²) < 4.78 is 25.4. The second kappa shape index (κ2) is 6.54. The second-order valence-corrected chi connectivity index (χ2v) is 4.79. The van der Waals surface area contributed by atoms with Crippen LogP contribution < -0.4 is 4.52 Å². The zero-order valence-electron chi connectivity index (χ0n) is 10.2. The molecule has 1 aromatic rings. The molecular formula is C11H15O6P. The van der Waals surface area contributed by atoms with Crippen LogP contribution in [0.25, 0.3) is 0 Å². The Bertz CT molecular complexity index is 441. The van der Waals surface area contributed by atoms with Crippen molar-refractivity contribution < 1.29 is 28.0 Å². The van der Waals surface area contributed by atoms with Gasteiger partial charge in [0.2, 0.25) is 0 Å². The van der Waals surface area contributed by atoms with Crippen molar-refractivity contribution in [3.8, 4) is 5.75 Å². The summed E-state index contributed by atoms with van der Waals surface area (Å²) in [7, 11) is -2.82. The quantitative estimate of drug-likeness (QED) is 0.633. The minimum Gasteiger partial charge on any atom is -0.465 e. The van der Waals surface area contributed by atoms with E-state index in [1.165, 1.54) is 31.4 Å². The third-order valence-electron chi connectivity index (χ3n) is 1.95. The second-order valence-electron chi connectivity index (χ2n) is 3.41. The van der Waals surface area contributed by atoms with Gasteiger partial charge in [0.15, 0.2) is 0 Å². The van der Waals surface area contributed by atoms with Gasteiger partial charge in [-0.25, -0.2) is 9.36 Å². The van der Waals surface area contributed by atoms with Gasteiger partial charge in [-0.15, -0.1) is 0 Å². The molecule has 100 valence electrons. The number of phosphoric ester groups is 1. The number of esters is 1. The van der Waals surface area contributed by atoms with Crippen molar-refractivity contribution >= 4 is 13.8 Å². The standard InChI is InChI=1S/C11H15O6P/c1-3-8-16-18(13,14)17-10-6-4-9(5-7-10)11(12)15-2/h4-7H,3,8H2,1-2H3,(H,13,14). The number of hydrogen-bond donors (Lipinski definition) is 1. The first-order valence-electron chi connectivity index (χ1n) is 5.34. The monoisotopic (exact) mass is 274 g/mol. The predicted molar refractivity (Wildman–Crippen MR) is 64.5 cm³/mol. The van der Waals surface area contributed by atoms with Crippen molar-refractivity contribution in [2.24, 2.45) is 0 Å². The van der Waals surface area contributed by atoms with Crippen molar-refractivity contribution in [2.45, 2.75) is 13.3 Å². The lowest BCUT2D eigenvalue weighted by Crippen LogP contribution is -2.01. The van der Waals surface area contributed by atoms with Gasteiger partial charge >= 0.3 is 13.8 Å². The Morgan fingerprint density at radius 1 is 1.33 bits per heavy atom. The number of carbonyl (C=O) groups excluding carboxylic acids is 1. The van der Waals surface area contributed by atoms with Gasteiger partial charge in [-0.3, -0.25) is 9.42 Å². The normalized spacial score (nSPS) is 13.7. The number of carbonyl (C=O) groups is 1. The zero-order valence-corrected chi connectivity index (χ0v) is 11.1. The molecule has 1 atom stereocenters. The molecule has 0 bridgehead atoms. The highest BCUT2D eigenvalue weighted by Gasteiger charge is 2.22. The van der Waals surface area contributed by atoms with Gasteiger partial charge in [0.05, 0.1) is 19.3 Å². The topological polar surface area (TPSA) is 82.1 Å². The van der Waals surface area contributed by atoms with E-state index in [1.807, 2.05) is 6.92 Å². The molecule has 1 unspecified atom stereocenters. The molecular weight excluding hydrogens is 259 g/mol. The van der Waals surface area contributed by atoms with Crippen LogP contribution >= 0.6 is 7.82 Å². The molecule has 0 amide bonds. The first-order chi connectivity index (χ1) is 8.48. The van der Waals surface area contributed by atoms with Gasteiger partial charge in [0.1, 0.15) is 5.75 Å². The number of ether oxygens (including phenoxy) is 1.